The van der Waals surface area contributed by atoms with Crippen LogP contribution in [-0.2, 0) is 9.53 Å². The first-order valence-corrected chi connectivity index (χ1v) is 4.89. The summed E-state index contributed by atoms with van der Waals surface area (Å²) in [6.07, 6.45) is 1.38. The molecule has 0 bridgehead atoms. The number of nitrogen functional groups attached to an aromatic ring is 1. The molecule has 4 N–H and O–H groups in total. The molecule has 1 rings (SSSR count). The largest absolute Gasteiger partial charge is 0.480 e. The molecule has 0 spiro atoms. The van der Waals surface area contributed by atoms with Gasteiger partial charge in [-0.2, -0.15) is 0 Å². The molecule has 0 radical (unpaired) electrons. The quantitative estimate of drug-likeness (QED) is 0.576. The van der Waals surface area contributed by atoms with Crippen LogP contribution >= 0.6 is 0 Å². The number of pyridine rings is 1. The standard InChI is InChI=1S/C10H13N3O4/c11-7-1-2-8(13-5-7)10(16)12-3-4-17-6-9(14)15/h1-2,5H,3-4,6,11H2,(H,12,16)(H,14,15). The van der Waals surface area contributed by atoms with Gasteiger partial charge in [0.25, 0.3) is 5.91 Å². The number of rotatable bonds is 6. The molecule has 17 heavy (non-hydrogen) atoms. The summed E-state index contributed by atoms with van der Waals surface area (Å²) in [5, 5.41) is 10.8. The van der Waals surface area contributed by atoms with Crippen molar-refractivity contribution in [3.63, 3.8) is 0 Å². The lowest BCUT2D eigenvalue weighted by molar-refractivity contribution is -0.142. The second kappa shape index (κ2) is 6.44. The number of hydrogen-bond donors (Lipinski definition) is 3. The van der Waals surface area contributed by atoms with E-state index in [-0.39, 0.29) is 31.4 Å². The maximum absolute atomic E-state index is 11.5. The van der Waals surface area contributed by atoms with Crippen LogP contribution in [0.2, 0.25) is 0 Å². The molecule has 7 nitrogen and oxygen atoms in total. The topological polar surface area (TPSA) is 115 Å². The molecule has 0 atom stereocenters. The molecule has 0 aliphatic heterocycles. The van der Waals surface area contributed by atoms with Crippen molar-refractivity contribution in [3.8, 4) is 0 Å². The van der Waals surface area contributed by atoms with E-state index in [4.69, 9.17) is 15.6 Å². The minimum absolute atomic E-state index is 0.132. The fourth-order valence-corrected chi connectivity index (χ4v) is 1.03. The Balaban J connectivity index is 2.25. The Kier molecular flexibility index (Phi) is 4.89. The zero-order chi connectivity index (χ0) is 12.7. The summed E-state index contributed by atoms with van der Waals surface area (Å²) in [6.45, 7) is -0.0266. The monoisotopic (exact) mass is 239 g/mol. The number of ether oxygens (including phenoxy) is 1. The number of anilines is 1. The van der Waals surface area contributed by atoms with Crippen LogP contribution in [0.5, 0.6) is 0 Å². The van der Waals surface area contributed by atoms with E-state index in [0.717, 1.165) is 0 Å². The summed E-state index contributed by atoms with van der Waals surface area (Å²) < 4.78 is 4.75. The number of carboxylic acid groups (broad SMARTS) is 1. The first kappa shape index (κ1) is 12.9. The average Bonchev–Trinajstić information content (AvgIpc) is 2.29. The highest BCUT2D eigenvalue weighted by Crippen LogP contribution is 2.00. The SMILES string of the molecule is Nc1ccc(C(=O)NCCOCC(=O)O)nc1. The van der Waals surface area contributed by atoms with Gasteiger partial charge >= 0.3 is 5.97 Å². The predicted octanol–water partition coefficient (Wildman–Crippen LogP) is -0.505. The van der Waals surface area contributed by atoms with E-state index in [0.29, 0.717) is 5.69 Å². The molecular formula is C10H13N3O4. The Morgan fingerprint density at radius 1 is 1.47 bits per heavy atom. The number of carbonyl (C=O) groups excluding carboxylic acids is 1. The van der Waals surface area contributed by atoms with Crippen LogP contribution in [0.15, 0.2) is 18.3 Å². The first-order valence-electron chi connectivity index (χ1n) is 4.89. The van der Waals surface area contributed by atoms with Gasteiger partial charge in [0.2, 0.25) is 0 Å². The summed E-state index contributed by atoms with van der Waals surface area (Å²) >= 11 is 0. The number of hydrogen-bond acceptors (Lipinski definition) is 5. The summed E-state index contributed by atoms with van der Waals surface area (Å²) in [4.78, 5) is 25.4. The molecule has 0 fully saturated rings. The number of aliphatic carboxylic acids is 1. The Bertz CT molecular complexity index is 391. The van der Waals surface area contributed by atoms with Gasteiger partial charge in [0.1, 0.15) is 12.3 Å². The number of amides is 1. The Hall–Kier alpha value is -2.15. The molecule has 0 aromatic carbocycles. The number of carbonyl (C=O) groups is 2. The van der Waals surface area contributed by atoms with Crippen LogP contribution in [0.4, 0.5) is 5.69 Å². The second-order valence-corrected chi connectivity index (χ2v) is 3.18. The molecule has 7 heteroatoms. The van der Waals surface area contributed by atoms with E-state index in [2.05, 4.69) is 10.3 Å². The van der Waals surface area contributed by atoms with Gasteiger partial charge in [0.15, 0.2) is 0 Å². The smallest absolute Gasteiger partial charge is 0.329 e. The molecule has 92 valence electrons. The van der Waals surface area contributed by atoms with Crippen molar-refractivity contribution < 1.29 is 19.4 Å². The van der Waals surface area contributed by atoms with Crippen molar-refractivity contribution in [3.05, 3.63) is 24.0 Å². The third-order valence-electron chi connectivity index (χ3n) is 1.78. The van der Waals surface area contributed by atoms with Crippen molar-refractivity contribution in [2.24, 2.45) is 0 Å². The van der Waals surface area contributed by atoms with Gasteiger partial charge in [-0.05, 0) is 12.1 Å². The van der Waals surface area contributed by atoms with Gasteiger partial charge in [0, 0.05) is 6.54 Å². The number of nitrogens with zero attached hydrogens (tertiary/aromatic N) is 1. The number of aromatic nitrogens is 1. The molecule has 1 heterocycles. The number of nitrogens with one attached hydrogen (secondary N) is 1. The van der Waals surface area contributed by atoms with E-state index in [1.165, 1.54) is 12.3 Å². The van der Waals surface area contributed by atoms with Crippen LogP contribution in [-0.4, -0.2) is 41.7 Å². The first-order chi connectivity index (χ1) is 8.09. The Morgan fingerprint density at radius 3 is 2.82 bits per heavy atom. The van der Waals surface area contributed by atoms with Crippen LogP contribution in [0.25, 0.3) is 0 Å². The van der Waals surface area contributed by atoms with Crippen molar-refractivity contribution in [1.82, 2.24) is 10.3 Å². The van der Waals surface area contributed by atoms with Crippen LogP contribution in [0.1, 0.15) is 10.5 Å². The zero-order valence-electron chi connectivity index (χ0n) is 9.05. The number of nitrogens with two attached hydrogens (primary N) is 1. The van der Waals surface area contributed by atoms with Crippen LogP contribution < -0.4 is 11.1 Å². The molecule has 1 aromatic rings. The van der Waals surface area contributed by atoms with E-state index in [1.807, 2.05) is 0 Å². The summed E-state index contributed by atoms with van der Waals surface area (Å²) in [6, 6.07) is 3.08. The Morgan fingerprint density at radius 2 is 2.24 bits per heavy atom. The highest BCUT2D eigenvalue weighted by atomic mass is 16.5. The lowest BCUT2D eigenvalue weighted by atomic mass is 10.3. The van der Waals surface area contributed by atoms with Crippen LogP contribution in [0, 0.1) is 0 Å². The lowest BCUT2D eigenvalue weighted by Gasteiger charge is -2.04. The molecule has 0 aliphatic carbocycles. The summed E-state index contributed by atoms with van der Waals surface area (Å²) in [5.41, 5.74) is 6.15. The van der Waals surface area contributed by atoms with Crippen molar-refractivity contribution >= 4 is 17.6 Å². The van der Waals surface area contributed by atoms with Crippen molar-refractivity contribution in [2.45, 2.75) is 0 Å². The van der Waals surface area contributed by atoms with Crippen LogP contribution in [0.3, 0.4) is 0 Å². The fourth-order valence-electron chi connectivity index (χ4n) is 1.03. The van der Waals surface area contributed by atoms with Gasteiger partial charge in [-0.1, -0.05) is 0 Å². The van der Waals surface area contributed by atoms with E-state index < -0.39 is 5.97 Å². The van der Waals surface area contributed by atoms with Crippen molar-refractivity contribution in [1.29, 1.82) is 0 Å². The highest BCUT2D eigenvalue weighted by Gasteiger charge is 2.05. The summed E-state index contributed by atoms with van der Waals surface area (Å²) in [5.74, 6) is -1.40. The molecule has 0 unspecified atom stereocenters. The highest BCUT2D eigenvalue weighted by molar-refractivity contribution is 5.92. The molecule has 1 aromatic heterocycles. The lowest BCUT2D eigenvalue weighted by Crippen LogP contribution is -2.28. The maximum Gasteiger partial charge on any atom is 0.329 e. The molecule has 0 aliphatic rings. The van der Waals surface area contributed by atoms with E-state index >= 15 is 0 Å². The van der Waals surface area contributed by atoms with Gasteiger partial charge < -0.3 is 20.9 Å². The predicted molar refractivity (Wildman–Crippen MR) is 59.4 cm³/mol. The third kappa shape index (κ3) is 4.94. The van der Waals surface area contributed by atoms with Gasteiger partial charge in [-0.15, -0.1) is 0 Å². The second-order valence-electron chi connectivity index (χ2n) is 3.18. The van der Waals surface area contributed by atoms with Gasteiger partial charge in [-0.25, -0.2) is 9.78 Å². The molecule has 0 saturated carbocycles. The Labute approximate surface area is 97.6 Å². The normalized spacial score (nSPS) is 9.88. The maximum atomic E-state index is 11.5. The molecule has 1 amide bonds. The van der Waals surface area contributed by atoms with Gasteiger partial charge in [-0.3, -0.25) is 4.79 Å². The fraction of sp³-hybridized carbons (Fsp3) is 0.300. The van der Waals surface area contributed by atoms with E-state index in [9.17, 15) is 9.59 Å². The molecular weight excluding hydrogens is 226 g/mol. The summed E-state index contributed by atoms with van der Waals surface area (Å²) in [7, 11) is 0. The number of carboxylic acids is 1. The third-order valence-corrected chi connectivity index (χ3v) is 1.78. The zero-order valence-corrected chi connectivity index (χ0v) is 9.05. The minimum Gasteiger partial charge on any atom is -0.480 e. The molecule has 0 saturated heterocycles. The minimum atomic E-state index is -1.04. The van der Waals surface area contributed by atoms with Crippen molar-refractivity contribution in [2.75, 3.05) is 25.5 Å². The average molecular weight is 239 g/mol. The van der Waals surface area contributed by atoms with Gasteiger partial charge in [0.05, 0.1) is 18.5 Å². The van der Waals surface area contributed by atoms with E-state index in [1.54, 1.807) is 6.07 Å².